The molecule has 0 bridgehead atoms. The van der Waals surface area contributed by atoms with Gasteiger partial charge in [-0.1, -0.05) is 25.4 Å². The summed E-state index contributed by atoms with van der Waals surface area (Å²) in [5, 5.41) is 14.2. The van der Waals surface area contributed by atoms with Gasteiger partial charge < -0.3 is 15.5 Å². The molecule has 0 spiro atoms. The predicted molar refractivity (Wildman–Crippen MR) is 116 cm³/mol. The summed E-state index contributed by atoms with van der Waals surface area (Å²) in [7, 11) is 0. The Bertz CT molecular complexity index is 969. The summed E-state index contributed by atoms with van der Waals surface area (Å²) in [5.74, 6) is 1.40. The van der Waals surface area contributed by atoms with Crippen LogP contribution in [0.15, 0.2) is 30.6 Å². The van der Waals surface area contributed by atoms with Crippen molar-refractivity contribution in [1.29, 1.82) is 0 Å². The second kappa shape index (κ2) is 8.34. The second-order valence-electron chi connectivity index (χ2n) is 7.55. The van der Waals surface area contributed by atoms with Crippen molar-refractivity contribution in [1.82, 2.24) is 30.5 Å². The van der Waals surface area contributed by atoms with Crippen LogP contribution >= 0.6 is 11.6 Å². The molecule has 0 saturated carbocycles. The molecule has 0 aliphatic carbocycles. The van der Waals surface area contributed by atoms with E-state index in [9.17, 15) is 0 Å². The Morgan fingerprint density at radius 2 is 2.10 bits per heavy atom. The summed E-state index contributed by atoms with van der Waals surface area (Å²) in [4.78, 5) is 15.8. The molecule has 0 amide bonds. The first-order chi connectivity index (χ1) is 14.0. The van der Waals surface area contributed by atoms with Crippen LogP contribution < -0.4 is 15.5 Å². The fourth-order valence-electron chi connectivity index (χ4n) is 3.48. The molecule has 152 valence electrons. The average Bonchev–Trinajstić information content (AvgIpc) is 3.11. The van der Waals surface area contributed by atoms with Crippen LogP contribution in [0.3, 0.4) is 0 Å². The summed E-state index contributed by atoms with van der Waals surface area (Å²) >= 11 is 6.29. The first-order valence-corrected chi connectivity index (χ1v) is 10.2. The molecular weight excluding hydrogens is 388 g/mol. The summed E-state index contributed by atoms with van der Waals surface area (Å²) in [6, 6.07) is 6.32. The standard InChI is InChI=1S/C20H25ClN8/c1-12(2)18-17(19(21)28-27-18)15-6-7-23-20(25-15)26-16-5-4-14(10-24-16)29-9-8-22-13(3)11-29/h4-7,10,12-13,22H,8-9,11H2,1-3H3,(H,27,28)(H,23,24,25,26)/t13-/m1/s1. The third-order valence-electron chi connectivity index (χ3n) is 4.96. The molecule has 9 heteroatoms. The highest BCUT2D eigenvalue weighted by Crippen LogP contribution is 2.32. The number of hydrogen-bond acceptors (Lipinski definition) is 7. The Labute approximate surface area is 175 Å². The van der Waals surface area contributed by atoms with Gasteiger partial charge in [-0.15, -0.1) is 0 Å². The first kappa shape index (κ1) is 19.6. The molecule has 0 aromatic carbocycles. The number of aromatic amines is 1. The van der Waals surface area contributed by atoms with Crippen molar-refractivity contribution in [3.8, 4) is 11.3 Å². The molecule has 0 radical (unpaired) electrons. The number of H-pyrrole nitrogens is 1. The van der Waals surface area contributed by atoms with Crippen LogP contribution in [-0.2, 0) is 0 Å². The van der Waals surface area contributed by atoms with Crippen molar-refractivity contribution in [2.75, 3.05) is 29.9 Å². The fourth-order valence-corrected chi connectivity index (χ4v) is 3.72. The number of aromatic nitrogens is 5. The van der Waals surface area contributed by atoms with Crippen LogP contribution in [-0.4, -0.2) is 50.8 Å². The molecule has 0 unspecified atom stereocenters. The normalized spacial score (nSPS) is 17.0. The minimum absolute atomic E-state index is 0.248. The van der Waals surface area contributed by atoms with Gasteiger partial charge in [-0.25, -0.2) is 15.0 Å². The summed E-state index contributed by atoms with van der Waals surface area (Å²) in [6.07, 6.45) is 3.59. The van der Waals surface area contributed by atoms with Crippen LogP contribution in [0, 0.1) is 0 Å². The highest BCUT2D eigenvalue weighted by atomic mass is 35.5. The molecule has 1 fully saturated rings. The lowest BCUT2D eigenvalue weighted by molar-refractivity contribution is 0.484. The van der Waals surface area contributed by atoms with E-state index in [1.54, 1.807) is 6.20 Å². The number of hydrogen-bond donors (Lipinski definition) is 3. The van der Waals surface area contributed by atoms with Gasteiger partial charge in [-0.05, 0) is 31.0 Å². The topological polar surface area (TPSA) is 94.7 Å². The van der Waals surface area contributed by atoms with E-state index in [4.69, 9.17) is 11.6 Å². The molecule has 3 aromatic heterocycles. The highest BCUT2D eigenvalue weighted by Gasteiger charge is 2.18. The van der Waals surface area contributed by atoms with Gasteiger partial charge >= 0.3 is 0 Å². The Morgan fingerprint density at radius 3 is 2.83 bits per heavy atom. The molecule has 1 atom stereocenters. The van der Waals surface area contributed by atoms with Crippen LogP contribution in [0.5, 0.6) is 0 Å². The molecule has 4 heterocycles. The number of nitrogens with one attached hydrogen (secondary N) is 3. The predicted octanol–water partition coefficient (Wildman–Crippen LogP) is 3.58. The number of anilines is 3. The van der Waals surface area contributed by atoms with Gasteiger partial charge in [0.05, 0.1) is 23.1 Å². The van der Waals surface area contributed by atoms with Crippen molar-refractivity contribution >= 4 is 29.1 Å². The molecule has 8 nitrogen and oxygen atoms in total. The Kier molecular flexibility index (Phi) is 5.64. The van der Waals surface area contributed by atoms with Gasteiger partial charge in [0.15, 0.2) is 5.15 Å². The molecule has 3 aromatic rings. The summed E-state index contributed by atoms with van der Waals surface area (Å²) < 4.78 is 0. The van der Waals surface area contributed by atoms with Gasteiger partial charge in [-0.3, -0.25) is 5.10 Å². The third kappa shape index (κ3) is 4.33. The largest absolute Gasteiger partial charge is 0.367 e. The van der Waals surface area contributed by atoms with Gasteiger partial charge in [0.1, 0.15) is 5.82 Å². The number of nitrogens with zero attached hydrogens (tertiary/aromatic N) is 5. The number of rotatable bonds is 5. The van der Waals surface area contributed by atoms with E-state index in [2.05, 4.69) is 67.5 Å². The second-order valence-corrected chi connectivity index (χ2v) is 7.91. The van der Waals surface area contributed by atoms with E-state index in [1.165, 1.54) is 0 Å². The van der Waals surface area contributed by atoms with E-state index in [-0.39, 0.29) is 5.92 Å². The highest BCUT2D eigenvalue weighted by molar-refractivity contribution is 6.32. The van der Waals surface area contributed by atoms with Gasteiger partial charge in [-0.2, -0.15) is 5.10 Å². The maximum absolute atomic E-state index is 6.29. The maximum Gasteiger partial charge on any atom is 0.228 e. The zero-order chi connectivity index (χ0) is 20.4. The Morgan fingerprint density at radius 1 is 1.24 bits per heavy atom. The van der Waals surface area contributed by atoms with Crippen LogP contribution in [0.2, 0.25) is 5.15 Å². The lowest BCUT2D eigenvalue weighted by Crippen LogP contribution is -2.49. The smallest absolute Gasteiger partial charge is 0.228 e. The fraction of sp³-hybridized carbons (Fsp3) is 0.400. The lowest BCUT2D eigenvalue weighted by Gasteiger charge is -2.33. The van der Waals surface area contributed by atoms with Crippen LogP contribution in [0.1, 0.15) is 32.4 Å². The quantitative estimate of drug-likeness (QED) is 0.589. The SMILES string of the molecule is CC(C)c1[nH]nc(Cl)c1-c1ccnc(Nc2ccc(N3CCN[C@H](C)C3)cn2)n1. The monoisotopic (exact) mass is 412 g/mol. The van der Waals surface area contributed by atoms with Crippen molar-refractivity contribution < 1.29 is 0 Å². The van der Waals surface area contributed by atoms with Crippen molar-refractivity contribution in [2.24, 2.45) is 0 Å². The van der Waals surface area contributed by atoms with E-state index in [1.807, 2.05) is 18.3 Å². The van der Waals surface area contributed by atoms with E-state index in [0.29, 0.717) is 23.0 Å². The van der Waals surface area contributed by atoms with Crippen molar-refractivity contribution in [3.63, 3.8) is 0 Å². The first-order valence-electron chi connectivity index (χ1n) is 9.80. The van der Waals surface area contributed by atoms with Gasteiger partial charge in [0.2, 0.25) is 5.95 Å². The molecule has 1 aliphatic heterocycles. The summed E-state index contributed by atoms with van der Waals surface area (Å²) in [6.45, 7) is 9.29. The molecule has 29 heavy (non-hydrogen) atoms. The van der Waals surface area contributed by atoms with Crippen molar-refractivity contribution in [3.05, 3.63) is 41.4 Å². The zero-order valence-electron chi connectivity index (χ0n) is 16.8. The molecule has 1 saturated heterocycles. The van der Waals surface area contributed by atoms with Gasteiger partial charge in [0, 0.05) is 37.6 Å². The lowest BCUT2D eigenvalue weighted by atomic mass is 10.0. The number of pyridine rings is 1. The van der Waals surface area contributed by atoms with E-state index in [0.717, 1.165) is 42.3 Å². The minimum Gasteiger partial charge on any atom is -0.367 e. The summed E-state index contributed by atoms with van der Waals surface area (Å²) in [5.41, 5.74) is 3.59. The Balaban J connectivity index is 1.52. The number of halogens is 1. The average molecular weight is 413 g/mol. The number of piperazine rings is 1. The molecular formula is C20H25ClN8. The maximum atomic E-state index is 6.29. The van der Waals surface area contributed by atoms with Crippen molar-refractivity contribution in [2.45, 2.75) is 32.7 Å². The molecule has 4 rings (SSSR count). The van der Waals surface area contributed by atoms with E-state index >= 15 is 0 Å². The zero-order valence-corrected chi connectivity index (χ0v) is 17.5. The van der Waals surface area contributed by atoms with E-state index < -0.39 is 0 Å². The van der Waals surface area contributed by atoms with Crippen LogP contribution in [0.25, 0.3) is 11.3 Å². The Hall–Kier alpha value is -2.71. The third-order valence-corrected chi connectivity index (χ3v) is 5.23. The molecule has 1 aliphatic rings. The minimum atomic E-state index is 0.248. The molecule has 3 N–H and O–H groups in total. The van der Waals surface area contributed by atoms with Gasteiger partial charge in [0.25, 0.3) is 0 Å². The van der Waals surface area contributed by atoms with Crippen LogP contribution in [0.4, 0.5) is 17.5 Å².